The van der Waals surface area contributed by atoms with Gasteiger partial charge >= 0.3 is 214 Å². The maximum absolute atomic E-state index is 2.51. The van der Waals surface area contributed by atoms with Crippen molar-refractivity contribution in [2.24, 2.45) is 5.41 Å². The summed E-state index contributed by atoms with van der Waals surface area (Å²) < 4.78 is 0. The Bertz CT molecular complexity index is 1140. The molecule has 0 nitrogen and oxygen atoms in total. The predicted molar refractivity (Wildman–Crippen MR) is 159 cm³/mol. The average Bonchev–Trinajstić information content (AvgIpc) is 2.87. The molecule has 0 unspecified atom stereocenters. The molecule has 1 heteroatoms. The fourth-order valence-corrected chi connectivity index (χ4v) is 10.4. The van der Waals surface area contributed by atoms with Crippen molar-refractivity contribution < 1.29 is 0 Å². The Morgan fingerprint density at radius 1 is 0.829 bits per heavy atom. The van der Waals surface area contributed by atoms with E-state index >= 15 is 0 Å². The molecule has 1 aliphatic rings. The minimum atomic E-state index is -2.08. The zero-order chi connectivity index (χ0) is 24.7. The molecule has 4 rings (SSSR count). The van der Waals surface area contributed by atoms with E-state index in [1.807, 2.05) is 0 Å². The third-order valence-electron chi connectivity index (χ3n) is 7.83. The van der Waals surface area contributed by atoms with Crippen LogP contribution in [-0.2, 0) is 6.16 Å². The summed E-state index contributed by atoms with van der Waals surface area (Å²) in [6, 6.07) is 33.6. The van der Waals surface area contributed by atoms with Crippen molar-refractivity contribution in [3.05, 3.63) is 132 Å². The van der Waals surface area contributed by atoms with E-state index in [4.69, 9.17) is 0 Å². The summed E-state index contributed by atoms with van der Waals surface area (Å²) in [5, 5.41) is 3.02. The maximum atomic E-state index is 2.51. The molecule has 0 atom stereocenters. The van der Waals surface area contributed by atoms with Gasteiger partial charge in [-0.2, -0.15) is 0 Å². The summed E-state index contributed by atoms with van der Waals surface area (Å²) in [6.45, 7) is 9.40. The number of hydrogen-bond acceptors (Lipinski definition) is 0. The van der Waals surface area contributed by atoms with Crippen molar-refractivity contribution in [3.63, 3.8) is 0 Å². The van der Waals surface area contributed by atoms with Gasteiger partial charge in [-0.15, -0.1) is 0 Å². The molecule has 0 aliphatic heterocycles. The Balaban J connectivity index is 1.73. The van der Waals surface area contributed by atoms with E-state index in [0.717, 1.165) is 12.3 Å². The Labute approximate surface area is 213 Å². The first-order valence-electron chi connectivity index (χ1n) is 13.1. The van der Waals surface area contributed by atoms with Gasteiger partial charge in [0, 0.05) is 0 Å². The summed E-state index contributed by atoms with van der Waals surface area (Å²) in [6.07, 6.45) is 13.3. The molecule has 0 saturated heterocycles. The van der Waals surface area contributed by atoms with Gasteiger partial charge < -0.3 is 0 Å². The van der Waals surface area contributed by atoms with Crippen LogP contribution in [0.25, 0.3) is 0 Å². The van der Waals surface area contributed by atoms with Crippen LogP contribution >= 0.6 is 7.26 Å². The van der Waals surface area contributed by atoms with E-state index in [-0.39, 0.29) is 5.41 Å². The molecule has 1 aliphatic carbocycles. The second-order valence-corrected chi connectivity index (χ2v) is 15.0. The zero-order valence-electron chi connectivity index (χ0n) is 21.9. The van der Waals surface area contributed by atoms with Gasteiger partial charge in [-0.1, -0.05) is 0 Å². The van der Waals surface area contributed by atoms with E-state index < -0.39 is 7.26 Å². The molecule has 35 heavy (non-hydrogen) atoms. The monoisotopic (exact) mass is 480 g/mol. The van der Waals surface area contributed by atoms with Crippen molar-refractivity contribution in [2.75, 3.05) is 6.16 Å². The van der Waals surface area contributed by atoms with Crippen LogP contribution in [0.2, 0.25) is 0 Å². The number of allylic oxidation sites excluding steroid dienone is 6. The minimum absolute atomic E-state index is 0.277. The summed E-state index contributed by atoms with van der Waals surface area (Å²) in [5.41, 5.74) is 6.17. The molecule has 0 aromatic heterocycles. The molecule has 0 amide bonds. The summed E-state index contributed by atoms with van der Waals surface area (Å²) in [5.74, 6) is 0. The molecule has 0 fully saturated rings. The van der Waals surface area contributed by atoms with Crippen molar-refractivity contribution >= 4 is 17.9 Å². The van der Waals surface area contributed by atoms with E-state index in [9.17, 15) is 0 Å². The molecular weight excluding hydrogens is 439 g/mol. The summed E-state index contributed by atoms with van der Waals surface area (Å²) in [4.78, 5) is 0. The van der Waals surface area contributed by atoms with Crippen molar-refractivity contribution in [2.45, 2.75) is 53.1 Å². The van der Waals surface area contributed by atoms with Crippen LogP contribution in [0.4, 0.5) is 0 Å². The third kappa shape index (κ3) is 6.12. The van der Waals surface area contributed by atoms with Gasteiger partial charge in [-0.3, -0.25) is 0 Å². The van der Waals surface area contributed by atoms with Gasteiger partial charge in [0.25, 0.3) is 0 Å². The first-order valence-corrected chi connectivity index (χ1v) is 15.5. The van der Waals surface area contributed by atoms with E-state index in [1.165, 1.54) is 46.6 Å². The SMILES string of the molecule is CC1=C(/C=C/C(C)=C\C[PH](Cc2ccccc2)(c2ccccc2)c2ccccc2)C(C)(C)CCC1. The average molecular weight is 481 g/mol. The normalized spacial score (nSPS) is 17.1. The second-order valence-electron chi connectivity index (χ2n) is 10.9. The van der Waals surface area contributed by atoms with E-state index in [0.29, 0.717) is 0 Å². The van der Waals surface area contributed by atoms with Crippen molar-refractivity contribution in [3.8, 4) is 0 Å². The molecule has 3 aromatic carbocycles. The van der Waals surface area contributed by atoms with Gasteiger partial charge in [0.1, 0.15) is 0 Å². The molecule has 0 radical (unpaired) electrons. The number of benzene rings is 3. The molecule has 0 heterocycles. The molecular formula is C34H41P. The molecule has 0 spiro atoms. The van der Waals surface area contributed by atoms with E-state index in [2.05, 4.69) is 137 Å². The van der Waals surface area contributed by atoms with E-state index in [1.54, 1.807) is 5.57 Å². The van der Waals surface area contributed by atoms with Crippen LogP contribution in [0, 0.1) is 5.41 Å². The molecule has 3 aromatic rings. The van der Waals surface area contributed by atoms with Crippen LogP contribution in [0.3, 0.4) is 0 Å². The van der Waals surface area contributed by atoms with Gasteiger partial charge in [0.05, 0.1) is 0 Å². The zero-order valence-corrected chi connectivity index (χ0v) is 22.9. The van der Waals surface area contributed by atoms with Gasteiger partial charge in [0.2, 0.25) is 0 Å². The van der Waals surface area contributed by atoms with Crippen LogP contribution < -0.4 is 10.6 Å². The van der Waals surface area contributed by atoms with Crippen LogP contribution in [0.5, 0.6) is 0 Å². The summed E-state index contributed by atoms with van der Waals surface area (Å²) >= 11 is 0. The van der Waals surface area contributed by atoms with Crippen LogP contribution in [0.15, 0.2) is 126 Å². The fourth-order valence-electron chi connectivity index (χ4n) is 5.77. The Morgan fingerprint density at radius 2 is 1.37 bits per heavy atom. The van der Waals surface area contributed by atoms with Gasteiger partial charge in [0.15, 0.2) is 0 Å². The van der Waals surface area contributed by atoms with Crippen LogP contribution in [0.1, 0.15) is 52.5 Å². The van der Waals surface area contributed by atoms with Gasteiger partial charge in [-0.25, -0.2) is 0 Å². The Morgan fingerprint density at radius 3 is 1.91 bits per heavy atom. The second kappa shape index (κ2) is 11.4. The number of hydrogen-bond donors (Lipinski definition) is 0. The Hall–Kier alpha value is -2.69. The quantitative estimate of drug-likeness (QED) is 0.224. The predicted octanol–water partition coefficient (Wildman–Crippen LogP) is 8.62. The fraction of sp³-hybridized carbons (Fsp3) is 0.294. The molecule has 0 bridgehead atoms. The number of rotatable bonds is 8. The third-order valence-corrected chi connectivity index (χ3v) is 12.6. The molecule has 182 valence electrons. The topological polar surface area (TPSA) is 0 Å². The molecule has 0 saturated carbocycles. The first-order chi connectivity index (χ1) is 16.9. The molecule has 0 N–H and O–H groups in total. The first kappa shape index (κ1) is 25.4. The Kier molecular flexibility index (Phi) is 8.25. The van der Waals surface area contributed by atoms with Crippen LogP contribution in [-0.4, -0.2) is 6.16 Å². The van der Waals surface area contributed by atoms with Crippen molar-refractivity contribution in [1.82, 2.24) is 0 Å². The van der Waals surface area contributed by atoms with Crippen molar-refractivity contribution in [1.29, 1.82) is 0 Å². The van der Waals surface area contributed by atoms with Gasteiger partial charge in [-0.05, 0) is 0 Å². The summed E-state index contributed by atoms with van der Waals surface area (Å²) in [7, 11) is -2.08. The standard InChI is InChI=1S/C34H41P/c1-28(22-23-33-29(2)15-14-25-34(33,3)4)24-26-35(31-18-10-6-11-19-31,32-20-12-7-13-21-32)27-30-16-8-5-9-17-30/h5-13,16-24,35H,14-15,25-27H2,1-4H3/b23-22+,28-24-.